The highest BCUT2D eigenvalue weighted by atomic mass is 35.7. The average Bonchev–Trinajstić information content (AvgIpc) is 2.83. The Morgan fingerprint density at radius 2 is 1.84 bits per heavy atom. The molecule has 1 aliphatic rings. The van der Waals surface area contributed by atoms with Crippen LogP contribution in [0.3, 0.4) is 0 Å². The van der Waals surface area contributed by atoms with E-state index in [-0.39, 0.29) is 15.8 Å². The molecular weight excluding hydrogens is 309 g/mol. The number of carbonyl (C=O) groups is 1. The molecule has 1 fully saturated rings. The summed E-state index contributed by atoms with van der Waals surface area (Å²) in [7, 11) is 1.37. The summed E-state index contributed by atoms with van der Waals surface area (Å²) < 4.78 is 22.9. The van der Waals surface area contributed by atoms with Crippen molar-refractivity contribution < 1.29 is 13.2 Å². The van der Waals surface area contributed by atoms with E-state index >= 15 is 0 Å². The van der Waals surface area contributed by atoms with Crippen LogP contribution in [0.2, 0.25) is 5.02 Å². The van der Waals surface area contributed by atoms with E-state index in [9.17, 15) is 13.2 Å². The van der Waals surface area contributed by atoms with Gasteiger partial charge < -0.3 is 4.90 Å². The number of hydrogen-bond donors (Lipinski definition) is 0. The summed E-state index contributed by atoms with van der Waals surface area (Å²) in [6.45, 7) is 3.04. The summed E-state index contributed by atoms with van der Waals surface area (Å²) in [6.07, 6.45) is 1.94. The zero-order valence-electron chi connectivity index (χ0n) is 10.3. The molecule has 0 radical (unpaired) electrons. The largest absolute Gasteiger partial charge is 0.339 e. The van der Waals surface area contributed by atoms with Crippen LogP contribution in [-0.2, 0) is 9.05 Å². The van der Waals surface area contributed by atoms with E-state index in [2.05, 4.69) is 0 Å². The quantitative estimate of drug-likeness (QED) is 0.787. The molecule has 1 aromatic rings. The van der Waals surface area contributed by atoms with Crippen molar-refractivity contribution in [1.29, 1.82) is 0 Å². The Morgan fingerprint density at radius 1 is 1.26 bits per heavy atom. The monoisotopic (exact) mass is 321 g/mol. The van der Waals surface area contributed by atoms with Gasteiger partial charge in [-0.3, -0.25) is 4.79 Å². The normalized spacial score (nSPS) is 15.8. The van der Waals surface area contributed by atoms with E-state index < -0.39 is 9.05 Å². The maximum Gasteiger partial charge on any atom is 0.262 e. The number of aryl methyl sites for hydroxylation is 1. The minimum absolute atomic E-state index is 0.0629. The summed E-state index contributed by atoms with van der Waals surface area (Å²) in [4.78, 5) is 13.7. The van der Waals surface area contributed by atoms with E-state index in [1.165, 1.54) is 6.07 Å². The van der Waals surface area contributed by atoms with Gasteiger partial charge in [0.1, 0.15) is 4.90 Å². The number of rotatable bonds is 2. The molecule has 2 rings (SSSR count). The molecule has 0 atom stereocenters. The molecule has 1 heterocycles. The van der Waals surface area contributed by atoms with Gasteiger partial charge in [0.15, 0.2) is 0 Å². The molecule has 0 bridgehead atoms. The number of carbonyl (C=O) groups excluding carboxylic acids is 1. The third-order valence-corrected chi connectivity index (χ3v) is 5.08. The number of hydrogen-bond acceptors (Lipinski definition) is 3. The van der Waals surface area contributed by atoms with Gasteiger partial charge >= 0.3 is 0 Å². The number of benzene rings is 1. The van der Waals surface area contributed by atoms with Crippen molar-refractivity contribution in [3.8, 4) is 0 Å². The first-order valence-corrected chi connectivity index (χ1v) is 8.53. The Labute approximate surface area is 121 Å². The second-order valence-electron chi connectivity index (χ2n) is 4.54. The van der Waals surface area contributed by atoms with Crippen LogP contribution in [-0.4, -0.2) is 32.3 Å². The lowest BCUT2D eigenvalue weighted by Gasteiger charge is -2.16. The molecule has 0 aromatic heterocycles. The molecule has 1 aliphatic heterocycles. The van der Waals surface area contributed by atoms with Crippen molar-refractivity contribution in [2.45, 2.75) is 24.7 Å². The van der Waals surface area contributed by atoms with Gasteiger partial charge in [-0.15, -0.1) is 0 Å². The molecule has 1 saturated heterocycles. The van der Waals surface area contributed by atoms with Gasteiger partial charge in [-0.2, -0.15) is 0 Å². The van der Waals surface area contributed by atoms with E-state index in [1.807, 2.05) is 0 Å². The maximum absolute atomic E-state index is 12.2. The van der Waals surface area contributed by atoms with Gasteiger partial charge in [0.25, 0.3) is 15.0 Å². The molecule has 0 spiro atoms. The first-order valence-electron chi connectivity index (χ1n) is 5.85. The second-order valence-corrected chi connectivity index (χ2v) is 7.45. The molecule has 1 amide bonds. The number of nitrogens with zero attached hydrogens (tertiary/aromatic N) is 1. The molecule has 7 heteroatoms. The second kappa shape index (κ2) is 5.31. The number of halogens is 2. The molecular formula is C12H13Cl2NO3S. The Kier molecular flexibility index (Phi) is 4.08. The SMILES string of the molecule is Cc1cc(C(=O)N2CCCC2)cc(S(=O)(=O)Cl)c1Cl. The molecule has 19 heavy (non-hydrogen) atoms. The van der Waals surface area contributed by atoms with Crippen LogP contribution >= 0.6 is 22.3 Å². The third-order valence-electron chi connectivity index (χ3n) is 3.12. The molecule has 0 aliphatic carbocycles. The third kappa shape index (κ3) is 3.04. The highest BCUT2D eigenvalue weighted by molar-refractivity contribution is 8.13. The van der Waals surface area contributed by atoms with E-state index in [0.717, 1.165) is 12.8 Å². The van der Waals surface area contributed by atoms with Gasteiger partial charge in [0, 0.05) is 29.3 Å². The number of likely N-dealkylation sites (tertiary alicyclic amines) is 1. The average molecular weight is 322 g/mol. The van der Waals surface area contributed by atoms with Crippen LogP contribution in [0, 0.1) is 6.92 Å². The van der Waals surface area contributed by atoms with Gasteiger partial charge in [-0.1, -0.05) is 11.6 Å². The lowest BCUT2D eigenvalue weighted by molar-refractivity contribution is 0.0792. The lowest BCUT2D eigenvalue weighted by atomic mass is 10.1. The standard InChI is InChI=1S/C12H13Cl2NO3S/c1-8-6-9(12(16)15-4-2-3-5-15)7-10(11(8)13)19(14,17)18/h6-7H,2-5H2,1H3. The predicted octanol–water partition coefficient (Wildman–Crippen LogP) is 2.81. The zero-order valence-corrected chi connectivity index (χ0v) is 12.6. The van der Waals surface area contributed by atoms with Crippen LogP contribution < -0.4 is 0 Å². The summed E-state index contributed by atoms with van der Waals surface area (Å²) in [5.41, 5.74) is 0.828. The Bertz CT molecular complexity index is 622. The van der Waals surface area contributed by atoms with E-state index in [1.54, 1.807) is 17.9 Å². The van der Waals surface area contributed by atoms with Gasteiger partial charge in [0.05, 0.1) is 5.02 Å². The fraction of sp³-hybridized carbons (Fsp3) is 0.417. The van der Waals surface area contributed by atoms with Crippen molar-refractivity contribution in [3.05, 3.63) is 28.3 Å². The molecule has 0 saturated carbocycles. The van der Waals surface area contributed by atoms with Crippen molar-refractivity contribution in [2.75, 3.05) is 13.1 Å². The number of amides is 1. The van der Waals surface area contributed by atoms with E-state index in [0.29, 0.717) is 24.2 Å². The van der Waals surface area contributed by atoms with E-state index in [4.69, 9.17) is 22.3 Å². The van der Waals surface area contributed by atoms with Crippen molar-refractivity contribution in [3.63, 3.8) is 0 Å². The van der Waals surface area contributed by atoms with Crippen molar-refractivity contribution >= 4 is 37.2 Å². The summed E-state index contributed by atoms with van der Waals surface area (Å²) in [5.74, 6) is -0.182. The smallest absolute Gasteiger partial charge is 0.262 e. The highest BCUT2D eigenvalue weighted by Crippen LogP contribution is 2.30. The fourth-order valence-corrected chi connectivity index (χ4v) is 3.68. The summed E-state index contributed by atoms with van der Waals surface area (Å²) >= 11 is 5.93. The fourth-order valence-electron chi connectivity index (χ4n) is 2.14. The van der Waals surface area contributed by atoms with Crippen LogP contribution in [0.25, 0.3) is 0 Å². The van der Waals surface area contributed by atoms with Gasteiger partial charge in [0.2, 0.25) is 0 Å². The highest BCUT2D eigenvalue weighted by Gasteiger charge is 2.24. The summed E-state index contributed by atoms with van der Waals surface area (Å²) in [6, 6.07) is 2.84. The van der Waals surface area contributed by atoms with Crippen LogP contribution in [0.5, 0.6) is 0 Å². The molecule has 0 N–H and O–H groups in total. The molecule has 4 nitrogen and oxygen atoms in total. The van der Waals surface area contributed by atoms with Gasteiger partial charge in [-0.25, -0.2) is 8.42 Å². The minimum atomic E-state index is -3.97. The summed E-state index contributed by atoms with van der Waals surface area (Å²) in [5, 5.41) is 0.0629. The minimum Gasteiger partial charge on any atom is -0.339 e. The molecule has 1 aromatic carbocycles. The van der Waals surface area contributed by atoms with Gasteiger partial charge in [-0.05, 0) is 37.5 Å². The Balaban J connectivity index is 2.48. The topological polar surface area (TPSA) is 54.5 Å². The zero-order chi connectivity index (χ0) is 14.2. The molecule has 0 unspecified atom stereocenters. The Morgan fingerprint density at radius 3 is 2.37 bits per heavy atom. The van der Waals surface area contributed by atoms with Crippen molar-refractivity contribution in [2.24, 2.45) is 0 Å². The first kappa shape index (κ1) is 14.6. The van der Waals surface area contributed by atoms with Crippen molar-refractivity contribution in [1.82, 2.24) is 4.90 Å². The van der Waals surface area contributed by atoms with Crippen LogP contribution in [0.1, 0.15) is 28.8 Å². The van der Waals surface area contributed by atoms with Crippen LogP contribution in [0.4, 0.5) is 0 Å². The lowest BCUT2D eigenvalue weighted by Crippen LogP contribution is -2.27. The first-order chi connectivity index (χ1) is 8.80. The molecule has 104 valence electrons. The predicted molar refractivity (Wildman–Crippen MR) is 74.4 cm³/mol. The van der Waals surface area contributed by atoms with Crippen LogP contribution in [0.15, 0.2) is 17.0 Å². The maximum atomic E-state index is 12.2. The Hall–Kier alpha value is -0.780.